The van der Waals surface area contributed by atoms with Gasteiger partial charge < -0.3 is 9.64 Å². The number of ether oxygens (including phenoxy) is 1. The Kier molecular flexibility index (Phi) is 4.86. The van der Waals surface area contributed by atoms with Gasteiger partial charge in [0, 0.05) is 19.3 Å². The van der Waals surface area contributed by atoms with Crippen LogP contribution in [0, 0.1) is 5.92 Å². The molecule has 0 amide bonds. The smallest absolute Gasteiger partial charge is 0.310 e. The van der Waals surface area contributed by atoms with Crippen LogP contribution in [0.25, 0.3) is 0 Å². The Morgan fingerprint density at radius 1 is 1.43 bits per heavy atom. The molecule has 1 aromatic heterocycles. The van der Waals surface area contributed by atoms with Gasteiger partial charge in [0.15, 0.2) is 0 Å². The van der Waals surface area contributed by atoms with Gasteiger partial charge in [-0.2, -0.15) is 0 Å². The van der Waals surface area contributed by atoms with E-state index in [1.54, 1.807) is 0 Å². The molecule has 0 aliphatic carbocycles. The molecule has 21 heavy (non-hydrogen) atoms. The maximum Gasteiger partial charge on any atom is 0.310 e. The van der Waals surface area contributed by atoms with Crippen LogP contribution in [0.1, 0.15) is 46.1 Å². The summed E-state index contributed by atoms with van der Waals surface area (Å²) >= 11 is 0. The number of hydrogen-bond acceptors (Lipinski definition) is 4. The minimum absolute atomic E-state index is 0.0252. The van der Waals surface area contributed by atoms with E-state index in [4.69, 9.17) is 4.74 Å². The first-order valence-electron chi connectivity index (χ1n) is 7.80. The van der Waals surface area contributed by atoms with Gasteiger partial charge in [-0.3, -0.25) is 4.79 Å². The second-order valence-electron chi connectivity index (χ2n) is 6.69. The molecule has 2 rings (SSSR count). The molecule has 1 unspecified atom stereocenters. The number of carbonyl (C=O) groups excluding carboxylic acids is 1. The van der Waals surface area contributed by atoms with Crippen molar-refractivity contribution in [2.75, 3.05) is 24.6 Å². The molecule has 2 heterocycles. The predicted octanol–water partition coefficient (Wildman–Crippen LogP) is 3.16. The standard InChI is InChI=1S/C17H26N2O2/c1-5-21-16(20)13-7-6-10-19(12-13)15-9-8-14(11-18-15)17(2,3)4/h8-9,11,13H,5-7,10,12H2,1-4H3. The van der Waals surface area contributed by atoms with Crippen molar-refractivity contribution in [2.45, 2.75) is 46.0 Å². The van der Waals surface area contributed by atoms with E-state index in [1.807, 2.05) is 13.1 Å². The average molecular weight is 290 g/mol. The largest absolute Gasteiger partial charge is 0.466 e. The lowest BCUT2D eigenvalue weighted by Crippen LogP contribution is -2.39. The average Bonchev–Trinajstić information content (AvgIpc) is 2.47. The van der Waals surface area contributed by atoms with Crippen LogP contribution in [-0.4, -0.2) is 30.6 Å². The molecule has 1 saturated heterocycles. The van der Waals surface area contributed by atoms with E-state index in [-0.39, 0.29) is 17.3 Å². The summed E-state index contributed by atoms with van der Waals surface area (Å²) in [6.45, 7) is 10.5. The van der Waals surface area contributed by atoms with E-state index in [2.05, 4.69) is 42.8 Å². The predicted molar refractivity (Wildman–Crippen MR) is 84.5 cm³/mol. The summed E-state index contributed by atoms with van der Waals surface area (Å²) in [6.07, 6.45) is 3.87. The van der Waals surface area contributed by atoms with Crippen LogP contribution in [-0.2, 0) is 14.9 Å². The zero-order chi connectivity index (χ0) is 15.5. The van der Waals surface area contributed by atoms with Crippen molar-refractivity contribution in [2.24, 2.45) is 5.92 Å². The molecular weight excluding hydrogens is 264 g/mol. The lowest BCUT2D eigenvalue weighted by atomic mass is 9.88. The lowest BCUT2D eigenvalue weighted by molar-refractivity contribution is -0.148. The molecule has 1 fully saturated rings. The Morgan fingerprint density at radius 3 is 2.76 bits per heavy atom. The maximum absolute atomic E-state index is 11.9. The maximum atomic E-state index is 11.9. The van der Waals surface area contributed by atoms with Crippen molar-refractivity contribution in [1.29, 1.82) is 0 Å². The number of carbonyl (C=O) groups is 1. The molecule has 0 N–H and O–H groups in total. The van der Waals surface area contributed by atoms with Crippen LogP contribution in [0.5, 0.6) is 0 Å². The number of esters is 1. The number of anilines is 1. The lowest BCUT2D eigenvalue weighted by Gasteiger charge is -2.32. The molecule has 4 nitrogen and oxygen atoms in total. The summed E-state index contributed by atoms with van der Waals surface area (Å²) in [5, 5.41) is 0. The van der Waals surface area contributed by atoms with E-state index in [1.165, 1.54) is 5.56 Å². The first kappa shape index (κ1) is 15.8. The van der Waals surface area contributed by atoms with Gasteiger partial charge >= 0.3 is 5.97 Å². The minimum atomic E-state index is -0.0755. The molecule has 0 bridgehead atoms. The fourth-order valence-electron chi connectivity index (χ4n) is 2.65. The zero-order valence-corrected chi connectivity index (χ0v) is 13.6. The van der Waals surface area contributed by atoms with Crippen molar-refractivity contribution in [1.82, 2.24) is 4.98 Å². The third-order valence-electron chi connectivity index (χ3n) is 3.98. The molecule has 1 aliphatic rings. The number of piperidine rings is 1. The van der Waals surface area contributed by atoms with Gasteiger partial charge in [-0.15, -0.1) is 0 Å². The number of nitrogens with zero attached hydrogens (tertiary/aromatic N) is 2. The Bertz CT molecular complexity index is 477. The van der Waals surface area contributed by atoms with Crippen molar-refractivity contribution >= 4 is 11.8 Å². The van der Waals surface area contributed by atoms with Crippen molar-refractivity contribution < 1.29 is 9.53 Å². The fourth-order valence-corrected chi connectivity index (χ4v) is 2.65. The number of pyridine rings is 1. The molecule has 0 radical (unpaired) electrons. The fraction of sp³-hybridized carbons (Fsp3) is 0.647. The van der Waals surface area contributed by atoms with Gasteiger partial charge in [-0.05, 0) is 36.8 Å². The van der Waals surface area contributed by atoms with Gasteiger partial charge in [0.2, 0.25) is 0 Å². The molecule has 0 aromatic carbocycles. The molecular formula is C17H26N2O2. The molecule has 0 spiro atoms. The second kappa shape index (κ2) is 6.46. The summed E-state index contributed by atoms with van der Waals surface area (Å²) in [5.74, 6) is 0.855. The van der Waals surface area contributed by atoms with Crippen molar-refractivity contribution in [3.8, 4) is 0 Å². The monoisotopic (exact) mass is 290 g/mol. The highest BCUT2D eigenvalue weighted by Gasteiger charge is 2.27. The second-order valence-corrected chi connectivity index (χ2v) is 6.69. The molecule has 1 aliphatic heterocycles. The first-order chi connectivity index (χ1) is 9.91. The van der Waals surface area contributed by atoms with Gasteiger partial charge in [0.25, 0.3) is 0 Å². The summed E-state index contributed by atoms with van der Waals surface area (Å²) < 4.78 is 5.14. The Morgan fingerprint density at radius 2 is 2.19 bits per heavy atom. The van der Waals surface area contributed by atoms with E-state index >= 15 is 0 Å². The summed E-state index contributed by atoms with van der Waals surface area (Å²) in [4.78, 5) is 18.7. The quantitative estimate of drug-likeness (QED) is 0.802. The van der Waals surface area contributed by atoms with Crippen LogP contribution >= 0.6 is 0 Å². The number of hydrogen-bond donors (Lipinski definition) is 0. The molecule has 4 heteroatoms. The summed E-state index contributed by atoms with van der Waals surface area (Å²) in [6, 6.07) is 4.20. The summed E-state index contributed by atoms with van der Waals surface area (Å²) in [5.41, 5.74) is 1.34. The van der Waals surface area contributed by atoms with Crippen molar-refractivity contribution in [3.63, 3.8) is 0 Å². The van der Waals surface area contributed by atoms with E-state index < -0.39 is 0 Å². The first-order valence-corrected chi connectivity index (χ1v) is 7.80. The molecule has 0 saturated carbocycles. The van der Waals surface area contributed by atoms with Crippen LogP contribution in [0.4, 0.5) is 5.82 Å². The topological polar surface area (TPSA) is 42.4 Å². The molecule has 116 valence electrons. The van der Waals surface area contributed by atoms with Gasteiger partial charge in [-0.25, -0.2) is 4.98 Å². The van der Waals surface area contributed by atoms with Crippen LogP contribution in [0.15, 0.2) is 18.3 Å². The molecule has 1 aromatic rings. The highest BCUT2D eigenvalue weighted by atomic mass is 16.5. The third-order valence-corrected chi connectivity index (χ3v) is 3.98. The SMILES string of the molecule is CCOC(=O)C1CCCN(c2ccc(C(C)(C)C)cn2)C1. The third kappa shape index (κ3) is 3.96. The Hall–Kier alpha value is -1.58. The highest BCUT2D eigenvalue weighted by molar-refractivity contribution is 5.73. The van der Waals surface area contributed by atoms with Crippen LogP contribution < -0.4 is 4.90 Å². The minimum Gasteiger partial charge on any atom is -0.466 e. The van der Waals surface area contributed by atoms with Crippen molar-refractivity contribution in [3.05, 3.63) is 23.9 Å². The summed E-state index contributed by atoms with van der Waals surface area (Å²) in [7, 11) is 0. The Balaban J connectivity index is 2.06. The number of rotatable bonds is 3. The van der Waals surface area contributed by atoms with E-state index in [0.717, 1.165) is 25.2 Å². The van der Waals surface area contributed by atoms with Gasteiger partial charge in [0.05, 0.1) is 12.5 Å². The van der Waals surface area contributed by atoms with Gasteiger partial charge in [0.1, 0.15) is 5.82 Å². The zero-order valence-electron chi connectivity index (χ0n) is 13.6. The van der Waals surface area contributed by atoms with E-state index in [9.17, 15) is 4.79 Å². The normalized spacial score (nSPS) is 19.4. The van der Waals surface area contributed by atoms with Crippen LogP contribution in [0.3, 0.4) is 0 Å². The van der Waals surface area contributed by atoms with Gasteiger partial charge in [-0.1, -0.05) is 26.8 Å². The molecule has 1 atom stereocenters. The van der Waals surface area contributed by atoms with E-state index in [0.29, 0.717) is 13.2 Å². The Labute approximate surface area is 127 Å². The number of aromatic nitrogens is 1. The highest BCUT2D eigenvalue weighted by Crippen LogP contribution is 2.26. The van der Waals surface area contributed by atoms with Crippen LogP contribution in [0.2, 0.25) is 0 Å².